The molecule has 0 aliphatic rings. The fourth-order valence-electron chi connectivity index (χ4n) is 3.41. The Morgan fingerprint density at radius 2 is 2.07 bits per heavy atom. The van der Waals surface area contributed by atoms with E-state index in [1.54, 1.807) is 7.05 Å². The molecule has 0 aliphatic carbocycles. The molecule has 0 saturated carbocycles. The number of fused-ring (bicyclic) bond motifs is 1. The SMILES string of the molecule is CN=C(NCCc1c(C)[nH]c2ccccc12)NCc1nccn1CC(C)C. The van der Waals surface area contributed by atoms with E-state index in [9.17, 15) is 0 Å². The van der Waals surface area contributed by atoms with Crippen molar-refractivity contribution in [3.05, 3.63) is 53.7 Å². The second-order valence-electron chi connectivity index (χ2n) is 7.27. The third-order valence-corrected chi connectivity index (χ3v) is 4.70. The molecule has 27 heavy (non-hydrogen) atoms. The number of guanidine groups is 1. The van der Waals surface area contributed by atoms with Gasteiger partial charge in [-0.1, -0.05) is 32.0 Å². The molecule has 0 amide bonds. The summed E-state index contributed by atoms with van der Waals surface area (Å²) in [5, 5.41) is 8.08. The Balaban J connectivity index is 1.54. The lowest BCUT2D eigenvalue weighted by Crippen LogP contribution is -2.38. The predicted octanol–water partition coefficient (Wildman–Crippen LogP) is 3.24. The van der Waals surface area contributed by atoms with E-state index in [0.29, 0.717) is 12.5 Å². The number of aliphatic imine (C=N–C) groups is 1. The van der Waals surface area contributed by atoms with Gasteiger partial charge in [0.15, 0.2) is 5.96 Å². The largest absolute Gasteiger partial charge is 0.358 e. The van der Waals surface area contributed by atoms with Gasteiger partial charge in [0.25, 0.3) is 0 Å². The molecule has 0 radical (unpaired) electrons. The third kappa shape index (κ3) is 4.70. The van der Waals surface area contributed by atoms with Crippen LogP contribution in [0, 0.1) is 12.8 Å². The van der Waals surface area contributed by atoms with Crippen molar-refractivity contribution in [1.29, 1.82) is 0 Å². The molecule has 0 atom stereocenters. The molecule has 0 fully saturated rings. The predicted molar refractivity (Wildman–Crippen MR) is 112 cm³/mol. The molecule has 144 valence electrons. The second kappa shape index (κ2) is 8.75. The Hall–Kier alpha value is -2.76. The Bertz CT molecular complexity index is 902. The van der Waals surface area contributed by atoms with E-state index in [1.165, 1.54) is 22.2 Å². The van der Waals surface area contributed by atoms with E-state index < -0.39 is 0 Å². The molecule has 1 aromatic carbocycles. The van der Waals surface area contributed by atoms with Gasteiger partial charge in [0.05, 0.1) is 6.54 Å². The highest BCUT2D eigenvalue weighted by molar-refractivity contribution is 5.84. The summed E-state index contributed by atoms with van der Waals surface area (Å²) in [6, 6.07) is 8.45. The molecule has 6 nitrogen and oxygen atoms in total. The molecule has 2 aromatic heterocycles. The number of H-pyrrole nitrogens is 1. The summed E-state index contributed by atoms with van der Waals surface area (Å²) >= 11 is 0. The smallest absolute Gasteiger partial charge is 0.191 e. The Morgan fingerprint density at radius 3 is 2.85 bits per heavy atom. The minimum absolute atomic E-state index is 0.592. The van der Waals surface area contributed by atoms with Gasteiger partial charge in [-0.2, -0.15) is 0 Å². The normalized spacial score (nSPS) is 12.1. The van der Waals surface area contributed by atoms with Crippen LogP contribution >= 0.6 is 0 Å². The van der Waals surface area contributed by atoms with Crippen LogP contribution in [0.3, 0.4) is 0 Å². The van der Waals surface area contributed by atoms with Crippen LogP contribution in [0.15, 0.2) is 41.7 Å². The number of nitrogens with one attached hydrogen (secondary N) is 3. The fraction of sp³-hybridized carbons (Fsp3) is 0.429. The number of rotatable bonds is 7. The van der Waals surface area contributed by atoms with Gasteiger partial charge in [-0.25, -0.2) is 4.98 Å². The maximum atomic E-state index is 4.46. The highest BCUT2D eigenvalue weighted by atomic mass is 15.2. The zero-order chi connectivity index (χ0) is 19.2. The summed E-state index contributed by atoms with van der Waals surface area (Å²) in [4.78, 5) is 12.2. The molecule has 6 heteroatoms. The van der Waals surface area contributed by atoms with Crippen LogP contribution < -0.4 is 10.6 Å². The average Bonchev–Trinajstić information content (AvgIpc) is 3.21. The van der Waals surface area contributed by atoms with E-state index in [2.05, 4.69) is 75.2 Å². The molecule has 0 aliphatic heterocycles. The van der Waals surface area contributed by atoms with Crippen molar-refractivity contribution in [1.82, 2.24) is 25.2 Å². The van der Waals surface area contributed by atoms with Crippen molar-refractivity contribution in [3.8, 4) is 0 Å². The molecule has 3 N–H and O–H groups in total. The Morgan fingerprint density at radius 1 is 1.26 bits per heavy atom. The lowest BCUT2D eigenvalue weighted by molar-refractivity contribution is 0.503. The van der Waals surface area contributed by atoms with Gasteiger partial charge in [0.2, 0.25) is 0 Å². The van der Waals surface area contributed by atoms with Gasteiger partial charge >= 0.3 is 0 Å². The molecule has 2 heterocycles. The number of aromatic nitrogens is 3. The molecule has 0 saturated heterocycles. The minimum Gasteiger partial charge on any atom is -0.358 e. The van der Waals surface area contributed by atoms with Crippen molar-refractivity contribution in [3.63, 3.8) is 0 Å². The zero-order valence-electron chi connectivity index (χ0n) is 16.7. The number of benzene rings is 1. The monoisotopic (exact) mass is 366 g/mol. The third-order valence-electron chi connectivity index (χ3n) is 4.70. The fourth-order valence-corrected chi connectivity index (χ4v) is 3.41. The molecular formula is C21H30N6. The van der Waals surface area contributed by atoms with Crippen LogP contribution in [0.5, 0.6) is 0 Å². The zero-order valence-corrected chi connectivity index (χ0v) is 16.7. The minimum atomic E-state index is 0.592. The first kappa shape index (κ1) is 19.0. The lowest BCUT2D eigenvalue weighted by atomic mass is 10.1. The molecule has 0 spiro atoms. The Labute approximate surface area is 161 Å². The number of aryl methyl sites for hydroxylation is 1. The highest BCUT2D eigenvalue weighted by Gasteiger charge is 2.09. The van der Waals surface area contributed by atoms with Crippen LogP contribution in [0.4, 0.5) is 0 Å². The van der Waals surface area contributed by atoms with Crippen LogP contribution in [-0.4, -0.2) is 34.1 Å². The van der Waals surface area contributed by atoms with E-state index in [4.69, 9.17) is 0 Å². The summed E-state index contributed by atoms with van der Waals surface area (Å²) in [5.41, 5.74) is 3.79. The summed E-state index contributed by atoms with van der Waals surface area (Å²) in [6.07, 6.45) is 4.83. The van der Waals surface area contributed by atoms with Gasteiger partial charge in [0, 0.05) is 49.1 Å². The highest BCUT2D eigenvalue weighted by Crippen LogP contribution is 2.21. The van der Waals surface area contributed by atoms with Crippen molar-refractivity contribution in [2.75, 3.05) is 13.6 Å². The van der Waals surface area contributed by atoms with E-state index in [0.717, 1.165) is 31.3 Å². The first-order valence-electron chi connectivity index (χ1n) is 9.59. The number of hydrogen-bond donors (Lipinski definition) is 3. The number of nitrogens with zero attached hydrogens (tertiary/aromatic N) is 3. The number of aromatic amines is 1. The van der Waals surface area contributed by atoms with Crippen molar-refractivity contribution < 1.29 is 0 Å². The number of imidazole rings is 1. The molecule has 0 bridgehead atoms. The van der Waals surface area contributed by atoms with Crippen molar-refractivity contribution in [2.45, 2.75) is 40.3 Å². The summed E-state index contributed by atoms with van der Waals surface area (Å²) in [6.45, 7) is 9.02. The van der Waals surface area contributed by atoms with Crippen LogP contribution in [-0.2, 0) is 19.5 Å². The van der Waals surface area contributed by atoms with Crippen molar-refractivity contribution >= 4 is 16.9 Å². The Kier molecular flexibility index (Phi) is 6.16. The maximum Gasteiger partial charge on any atom is 0.191 e. The van der Waals surface area contributed by atoms with Gasteiger partial charge in [-0.3, -0.25) is 4.99 Å². The molecule has 3 aromatic rings. The first-order chi connectivity index (χ1) is 13.1. The standard InChI is InChI=1S/C21H30N6/c1-15(2)14-27-12-11-23-20(27)13-25-21(22-4)24-10-9-17-16(3)26-19-8-6-5-7-18(17)19/h5-8,11-12,15,26H,9-10,13-14H2,1-4H3,(H2,22,24,25). The molecular weight excluding hydrogens is 336 g/mol. The van der Waals surface area contributed by atoms with Crippen LogP contribution in [0.1, 0.15) is 30.9 Å². The van der Waals surface area contributed by atoms with Crippen LogP contribution in [0.25, 0.3) is 10.9 Å². The van der Waals surface area contributed by atoms with Gasteiger partial charge < -0.3 is 20.2 Å². The van der Waals surface area contributed by atoms with E-state index in [-0.39, 0.29) is 0 Å². The van der Waals surface area contributed by atoms with E-state index >= 15 is 0 Å². The van der Waals surface area contributed by atoms with Gasteiger partial charge in [0.1, 0.15) is 5.82 Å². The van der Waals surface area contributed by atoms with Gasteiger partial charge in [-0.15, -0.1) is 0 Å². The summed E-state index contributed by atoms with van der Waals surface area (Å²) in [7, 11) is 1.80. The number of hydrogen-bond acceptors (Lipinski definition) is 2. The molecule has 3 rings (SSSR count). The first-order valence-corrected chi connectivity index (χ1v) is 9.59. The lowest BCUT2D eigenvalue weighted by Gasteiger charge is -2.14. The van der Waals surface area contributed by atoms with Crippen LogP contribution in [0.2, 0.25) is 0 Å². The van der Waals surface area contributed by atoms with E-state index in [1.807, 2.05) is 12.4 Å². The maximum absolute atomic E-state index is 4.46. The topological polar surface area (TPSA) is 70.0 Å². The number of para-hydroxylation sites is 1. The van der Waals surface area contributed by atoms with Gasteiger partial charge in [-0.05, 0) is 30.9 Å². The quantitative estimate of drug-likeness (QED) is 0.444. The summed E-state index contributed by atoms with van der Waals surface area (Å²) in [5.74, 6) is 2.42. The summed E-state index contributed by atoms with van der Waals surface area (Å²) < 4.78 is 2.19. The average molecular weight is 367 g/mol. The van der Waals surface area contributed by atoms with Crippen molar-refractivity contribution in [2.24, 2.45) is 10.9 Å². The molecule has 0 unspecified atom stereocenters. The second-order valence-corrected chi connectivity index (χ2v) is 7.27.